The Morgan fingerprint density at radius 1 is 1.53 bits per heavy atom. The molecule has 1 aromatic heterocycles. The lowest BCUT2D eigenvalue weighted by Gasteiger charge is -2.28. The zero-order chi connectivity index (χ0) is 13.7. The van der Waals surface area contributed by atoms with Gasteiger partial charge in [-0.25, -0.2) is 0 Å². The molecule has 2 unspecified atom stereocenters. The van der Waals surface area contributed by atoms with Gasteiger partial charge in [-0.05, 0) is 37.0 Å². The van der Waals surface area contributed by atoms with Crippen LogP contribution >= 0.6 is 0 Å². The minimum atomic E-state index is -0.0209. The van der Waals surface area contributed by atoms with E-state index in [2.05, 4.69) is 11.9 Å². The first-order valence-corrected chi connectivity index (χ1v) is 7.18. The number of nitrogens with two attached hydrogens (primary N) is 1. The van der Waals surface area contributed by atoms with E-state index in [0.717, 1.165) is 32.2 Å². The van der Waals surface area contributed by atoms with Gasteiger partial charge in [-0.15, -0.1) is 0 Å². The maximum atomic E-state index is 12.6. The molecule has 0 saturated carbocycles. The molecule has 2 N–H and O–H groups in total. The van der Waals surface area contributed by atoms with Crippen molar-refractivity contribution in [1.82, 2.24) is 9.88 Å². The second kappa shape index (κ2) is 6.66. The van der Waals surface area contributed by atoms with Crippen molar-refractivity contribution in [3.8, 4) is 0 Å². The first-order chi connectivity index (χ1) is 9.27. The third-order valence-electron chi connectivity index (χ3n) is 3.90. The van der Waals surface area contributed by atoms with Crippen molar-refractivity contribution in [2.24, 2.45) is 11.7 Å². The normalized spacial score (nSPS) is 20.5. The van der Waals surface area contributed by atoms with E-state index in [-0.39, 0.29) is 17.9 Å². The minimum absolute atomic E-state index is 0.0209. The van der Waals surface area contributed by atoms with Crippen LogP contribution in [0.4, 0.5) is 0 Å². The summed E-state index contributed by atoms with van der Waals surface area (Å²) < 4.78 is 0. The van der Waals surface area contributed by atoms with Crippen molar-refractivity contribution >= 4 is 5.91 Å². The molecule has 0 bridgehead atoms. The number of carbonyl (C=O) groups excluding carboxylic acids is 1. The smallest absolute Gasteiger partial charge is 0.227 e. The Hall–Kier alpha value is -1.42. The highest BCUT2D eigenvalue weighted by molar-refractivity contribution is 5.79. The van der Waals surface area contributed by atoms with Crippen LogP contribution < -0.4 is 5.73 Å². The van der Waals surface area contributed by atoms with Crippen LogP contribution in [0.25, 0.3) is 0 Å². The Bertz CT molecular complexity index is 407. The van der Waals surface area contributed by atoms with E-state index in [1.54, 1.807) is 12.4 Å². The van der Waals surface area contributed by atoms with Gasteiger partial charge in [0, 0.05) is 25.5 Å². The zero-order valence-electron chi connectivity index (χ0n) is 11.6. The van der Waals surface area contributed by atoms with Crippen molar-refractivity contribution in [3.63, 3.8) is 0 Å². The van der Waals surface area contributed by atoms with E-state index in [0.29, 0.717) is 6.54 Å². The van der Waals surface area contributed by atoms with Crippen LogP contribution in [0.15, 0.2) is 24.5 Å². The fourth-order valence-corrected chi connectivity index (χ4v) is 2.89. The lowest BCUT2D eigenvalue weighted by atomic mass is 10.00. The van der Waals surface area contributed by atoms with Gasteiger partial charge in [-0.2, -0.15) is 0 Å². The molecule has 0 spiro atoms. The SMILES string of the molecule is CCCC(CN)C(=O)N1CCCC1c1ccncc1. The van der Waals surface area contributed by atoms with Crippen LogP contribution in [0.3, 0.4) is 0 Å². The average Bonchev–Trinajstić information content (AvgIpc) is 2.94. The van der Waals surface area contributed by atoms with Gasteiger partial charge < -0.3 is 10.6 Å². The number of rotatable bonds is 5. The molecule has 4 heteroatoms. The highest BCUT2D eigenvalue weighted by atomic mass is 16.2. The summed E-state index contributed by atoms with van der Waals surface area (Å²) in [6, 6.07) is 4.22. The standard InChI is InChI=1S/C15H23N3O/c1-2-4-13(11-16)15(19)18-10-3-5-14(18)12-6-8-17-9-7-12/h6-9,13-14H,2-5,10-11,16H2,1H3. The van der Waals surface area contributed by atoms with E-state index in [9.17, 15) is 4.79 Å². The van der Waals surface area contributed by atoms with Crippen molar-refractivity contribution in [2.75, 3.05) is 13.1 Å². The summed E-state index contributed by atoms with van der Waals surface area (Å²) in [5.74, 6) is 0.205. The zero-order valence-corrected chi connectivity index (χ0v) is 11.6. The molecule has 1 aliphatic rings. The quantitative estimate of drug-likeness (QED) is 0.883. The number of pyridine rings is 1. The minimum Gasteiger partial charge on any atom is -0.335 e. The van der Waals surface area contributed by atoms with Crippen LogP contribution in [0.2, 0.25) is 0 Å². The summed E-state index contributed by atoms with van der Waals surface area (Å²) in [6.07, 6.45) is 7.59. The lowest BCUT2D eigenvalue weighted by Crippen LogP contribution is -2.38. The van der Waals surface area contributed by atoms with Crippen molar-refractivity contribution in [1.29, 1.82) is 0 Å². The fourth-order valence-electron chi connectivity index (χ4n) is 2.89. The monoisotopic (exact) mass is 261 g/mol. The van der Waals surface area contributed by atoms with Crippen molar-refractivity contribution in [3.05, 3.63) is 30.1 Å². The molecule has 1 saturated heterocycles. The van der Waals surface area contributed by atoms with Gasteiger partial charge in [0.2, 0.25) is 5.91 Å². The predicted molar refractivity (Wildman–Crippen MR) is 75.4 cm³/mol. The molecular formula is C15H23N3O. The highest BCUT2D eigenvalue weighted by Gasteiger charge is 2.32. The summed E-state index contributed by atoms with van der Waals surface area (Å²) in [4.78, 5) is 18.6. The molecule has 1 amide bonds. The topological polar surface area (TPSA) is 59.2 Å². The Balaban J connectivity index is 2.12. The molecule has 0 aliphatic carbocycles. The predicted octanol–water partition coefficient (Wildman–Crippen LogP) is 2.12. The van der Waals surface area contributed by atoms with Crippen LogP contribution in [-0.2, 0) is 4.79 Å². The number of likely N-dealkylation sites (tertiary alicyclic amines) is 1. The van der Waals surface area contributed by atoms with Gasteiger partial charge in [0.25, 0.3) is 0 Å². The van der Waals surface area contributed by atoms with E-state index in [1.807, 2.05) is 17.0 Å². The van der Waals surface area contributed by atoms with Crippen molar-refractivity contribution < 1.29 is 4.79 Å². The van der Waals surface area contributed by atoms with E-state index in [4.69, 9.17) is 5.73 Å². The number of carbonyl (C=O) groups is 1. The van der Waals surface area contributed by atoms with E-state index < -0.39 is 0 Å². The number of nitrogens with zero attached hydrogens (tertiary/aromatic N) is 2. The third-order valence-corrected chi connectivity index (χ3v) is 3.90. The Morgan fingerprint density at radius 3 is 2.89 bits per heavy atom. The average molecular weight is 261 g/mol. The molecule has 19 heavy (non-hydrogen) atoms. The van der Waals surface area contributed by atoms with Gasteiger partial charge in [-0.1, -0.05) is 13.3 Å². The largest absolute Gasteiger partial charge is 0.335 e. The molecule has 0 radical (unpaired) electrons. The van der Waals surface area contributed by atoms with Gasteiger partial charge >= 0.3 is 0 Å². The van der Waals surface area contributed by atoms with Gasteiger partial charge in [-0.3, -0.25) is 9.78 Å². The number of amides is 1. The van der Waals surface area contributed by atoms with Gasteiger partial charge in [0.1, 0.15) is 0 Å². The van der Waals surface area contributed by atoms with E-state index in [1.165, 1.54) is 5.56 Å². The number of hydrogen-bond donors (Lipinski definition) is 1. The van der Waals surface area contributed by atoms with Gasteiger partial charge in [0.15, 0.2) is 0 Å². The summed E-state index contributed by atoms with van der Waals surface area (Å²) in [6.45, 7) is 3.40. The van der Waals surface area contributed by atoms with Crippen LogP contribution in [0.5, 0.6) is 0 Å². The summed E-state index contributed by atoms with van der Waals surface area (Å²) in [5.41, 5.74) is 6.94. The Morgan fingerprint density at radius 2 is 2.26 bits per heavy atom. The van der Waals surface area contributed by atoms with Crippen LogP contribution in [0, 0.1) is 5.92 Å². The molecule has 4 nitrogen and oxygen atoms in total. The third kappa shape index (κ3) is 3.13. The Kier molecular flexibility index (Phi) is 4.91. The maximum absolute atomic E-state index is 12.6. The Labute approximate surface area is 115 Å². The summed E-state index contributed by atoms with van der Waals surface area (Å²) >= 11 is 0. The fraction of sp³-hybridized carbons (Fsp3) is 0.600. The van der Waals surface area contributed by atoms with Crippen LogP contribution in [-0.4, -0.2) is 28.9 Å². The molecule has 1 fully saturated rings. The second-order valence-electron chi connectivity index (χ2n) is 5.19. The number of hydrogen-bond acceptors (Lipinski definition) is 3. The molecular weight excluding hydrogens is 238 g/mol. The van der Waals surface area contributed by atoms with Crippen molar-refractivity contribution in [2.45, 2.75) is 38.6 Å². The molecule has 1 aromatic rings. The van der Waals surface area contributed by atoms with E-state index >= 15 is 0 Å². The molecule has 2 rings (SSSR count). The molecule has 104 valence electrons. The first-order valence-electron chi connectivity index (χ1n) is 7.18. The molecule has 1 aliphatic heterocycles. The molecule has 0 aromatic carbocycles. The second-order valence-corrected chi connectivity index (χ2v) is 5.19. The summed E-state index contributed by atoms with van der Waals surface area (Å²) in [7, 11) is 0. The molecule has 2 atom stereocenters. The maximum Gasteiger partial charge on any atom is 0.227 e. The van der Waals surface area contributed by atoms with Gasteiger partial charge in [0.05, 0.1) is 12.0 Å². The lowest BCUT2D eigenvalue weighted by molar-refractivity contribution is -0.136. The molecule has 2 heterocycles. The van der Waals surface area contributed by atoms with Crippen LogP contribution in [0.1, 0.15) is 44.2 Å². The number of aromatic nitrogens is 1. The first kappa shape index (κ1) is 14.0. The summed E-state index contributed by atoms with van der Waals surface area (Å²) in [5, 5.41) is 0. The highest BCUT2D eigenvalue weighted by Crippen LogP contribution is 2.33.